The molecule has 0 aromatic rings. The molecule has 16 heavy (non-hydrogen) atoms. The fourth-order valence-corrected chi connectivity index (χ4v) is 3.09. The molecule has 1 spiro atoms. The summed E-state index contributed by atoms with van der Waals surface area (Å²) in [5, 5.41) is 3.47. The second-order valence-corrected chi connectivity index (χ2v) is 5.29. The maximum absolute atomic E-state index is 3.47. The Morgan fingerprint density at radius 1 is 1.12 bits per heavy atom. The molecule has 1 nitrogen and oxygen atoms in total. The SMILES string of the molecule is C/C=C\C=C/C1=C(C)CC2(CCNCC2)C1. The second-order valence-electron chi connectivity index (χ2n) is 5.29. The van der Waals surface area contributed by atoms with Crippen LogP contribution in [0.4, 0.5) is 0 Å². The summed E-state index contributed by atoms with van der Waals surface area (Å²) in [5.41, 5.74) is 3.80. The molecule has 0 radical (unpaired) electrons. The molecular formula is C15H23N. The van der Waals surface area contributed by atoms with Crippen LogP contribution in [0.15, 0.2) is 35.5 Å². The molecule has 0 aromatic carbocycles. The van der Waals surface area contributed by atoms with Crippen molar-refractivity contribution in [3.05, 3.63) is 35.5 Å². The Hall–Kier alpha value is -0.820. The molecule has 0 amide bonds. The molecule has 0 aromatic heterocycles. The predicted molar refractivity (Wildman–Crippen MR) is 70.4 cm³/mol. The number of nitrogens with one attached hydrogen (secondary N) is 1. The lowest BCUT2D eigenvalue weighted by Crippen LogP contribution is -2.35. The third kappa shape index (κ3) is 2.46. The van der Waals surface area contributed by atoms with Gasteiger partial charge in [0.25, 0.3) is 0 Å². The van der Waals surface area contributed by atoms with Gasteiger partial charge in [-0.25, -0.2) is 0 Å². The molecular weight excluding hydrogens is 194 g/mol. The molecule has 2 rings (SSSR count). The first-order valence-electron chi connectivity index (χ1n) is 6.44. The average molecular weight is 217 g/mol. The fraction of sp³-hybridized carbons (Fsp3) is 0.600. The summed E-state index contributed by atoms with van der Waals surface area (Å²) < 4.78 is 0. The van der Waals surface area contributed by atoms with Crippen molar-refractivity contribution in [3.8, 4) is 0 Å². The van der Waals surface area contributed by atoms with E-state index in [-0.39, 0.29) is 0 Å². The van der Waals surface area contributed by atoms with Gasteiger partial charge in [0.2, 0.25) is 0 Å². The summed E-state index contributed by atoms with van der Waals surface area (Å²) in [6.45, 7) is 6.79. The molecule has 0 atom stereocenters. The van der Waals surface area contributed by atoms with Crippen molar-refractivity contribution in [2.45, 2.75) is 39.5 Å². The van der Waals surface area contributed by atoms with Crippen LogP contribution in [0, 0.1) is 5.41 Å². The molecule has 1 saturated heterocycles. The standard InChI is InChI=1S/C15H23N/c1-3-4-5-6-14-12-15(11-13(14)2)7-9-16-10-8-15/h3-6,16H,7-12H2,1-2H3/b4-3-,6-5-. The smallest absolute Gasteiger partial charge is 0.00434 e. The number of piperidine rings is 1. The predicted octanol–water partition coefficient (Wildman–Crippen LogP) is 3.60. The summed E-state index contributed by atoms with van der Waals surface area (Å²) in [4.78, 5) is 0. The molecule has 1 N–H and O–H groups in total. The third-order valence-electron chi connectivity index (χ3n) is 4.02. The molecule has 1 heterocycles. The van der Waals surface area contributed by atoms with E-state index in [0.29, 0.717) is 5.41 Å². The zero-order valence-corrected chi connectivity index (χ0v) is 10.6. The van der Waals surface area contributed by atoms with Crippen LogP contribution in [-0.2, 0) is 0 Å². The van der Waals surface area contributed by atoms with E-state index in [0.717, 1.165) is 0 Å². The van der Waals surface area contributed by atoms with Gasteiger partial charge in [0.05, 0.1) is 0 Å². The van der Waals surface area contributed by atoms with Gasteiger partial charge in [-0.3, -0.25) is 0 Å². The van der Waals surface area contributed by atoms with E-state index in [4.69, 9.17) is 0 Å². The minimum Gasteiger partial charge on any atom is -0.317 e. The van der Waals surface area contributed by atoms with Crippen LogP contribution in [0.2, 0.25) is 0 Å². The van der Waals surface area contributed by atoms with Crippen molar-refractivity contribution >= 4 is 0 Å². The third-order valence-corrected chi connectivity index (χ3v) is 4.02. The van der Waals surface area contributed by atoms with Crippen LogP contribution in [-0.4, -0.2) is 13.1 Å². The highest BCUT2D eigenvalue weighted by Gasteiger charge is 2.37. The monoisotopic (exact) mass is 217 g/mol. The molecule has 1 aliphatic carbocycles. The average Bonchev–Trinajstić information content (AvgIpc) is 2.57. The van der Waals surface area contributed by atoms with E-state index in [2.05, 4.69) is 43.5 Å². The normalized spacial score (nSPS) is 25.4. The van der Waals surface area contributed by atoms with Crippen LogP contribution in [0.25, 0.3) is 0 Å². The molecule has 0 unspecified atom stereocenters. The number of hydrogen-bond donors (Lipinski definition) is 1. The molecule has 88 valence electrons. The zero-order valence-electron chi connectivity index (χ0n) is 10.6. The quantitative estimate of drug-likeness (QED) is 0.697. The van der Waals surface area contributed by atoms with Gasteiger partial charge < -0.3 is 5.32 Å². The maximum atomic E-state index is 3.47. The molecule has 0 bridgehead atoms. The Morgan fingerprint density at radius 3 is 2.56 bits per heavy atom. The first-order valence-corrected chi connectivity index (χ1v) is 6.44. The van der Waals surface area contributed by atoms with Gasteiger partial charge in [0.15, 0.2) is 0 Å². The van der Waals surface area contributed by atoms with Crippen LogP contribution in [0.3, 0.4) is 0 Å². The van der Waals surface area contributed by atoms with Gasteiger partial charge in [-0.15, -0.1) is 0 Å². The lowest BCUT2D eigenvalue weighted by molar-refractivity contribution is 0.215. The fourth-order valence-electron chi connectivity index (χ4n) is 3.09. The van der Waals surface area contributed by atoms with Crippen LogP contribution < -0.4 is 5.32 Å². The molecule has 0 saturated carbocycles. The van der Waals surface area contributed by atoms with Gasteiger partial charge in [-0.1, -0.05) is 29.9 Å². The van der Waals surface area contributed by atoms with Gasteiger partial charge in [-0.2, -0.15) is 0 Å². The Bertz CT molecular complexity index is 327. The largest absolute Gasteiger partial charge is 0.317 e. The van der Waals surface area contributed by atoms with Gasteiger partial charge >= 0.3 is 0 Å². The van der Waals surface area contributed by atoms with Gasteiger partial charge in [-0.05, 0) is 63.6 Å². The summed E-state index contributed by atoms with van der Waals surface area (Å²) in [7, 11) is 0. The summed E-state index contributed by atoms with van der Waals surface area (Å²) in [5.74, 6) is 0. The Labute approximate surface area is 99.3 Å². The van der Waals surface area contributed by atoms with E-state index in [1.807, 2.05) is 0 Å². The highest BCUT2D eigenvalue weighted by atomic mass is 14.9. The second kappa shape index (κ2) is 5.01. The minimum atomic E-state index is 0.602. The van der Waals surface area contributed by atoms with E-state index in [9.17, 15) is 0 Å². The Kier molecular flexibility index (Phi) is 3.65. The van der Waals surface area contributed by atoms with E-state index < -0.39 is 0 Å². The molecule has 1 heteroatoms. The van der Waals surface area contributed by atoms with Crippen LogP contribution in [0.5, 0.6) is 0 Å². The van der Waals surface area contributed by atoms with Crippen molar-refractivity contribution in [1.29, 1.82) is 0 Å². The molecule has 1 aliphatic heterocycles. The lowest BCUT2D eigenvalue weighted by Gasteiger charge is -2.34. The topological polar surface area (TPSA) is 12.0 Å². The lowest BCUT2D eigenvalue weighted by atomic mass is 9.76. The molecule has 1 fully saturated rings. The number of rotatable bonds is 2. The first-order chi connectivity index (χ1) is 7.76. The van der Waals surface area contributed by atoms with E-state index >= 15 is 0 Å². The van der Waals surface area contributed by atoms with Crippen molar-refractivity contribution < 1.29 is 0 Å². The van der Waals surface area contributed by atoms with Crippen molar-refractivity contribution in [2.24, 2.45) is 5.41 Å². The van der Waals surface area contributed by atoms with Crippen molar-refractivity contribution in [2.75, 3.05) is 13.1 Å². The van der Waals surface area contributed by atoms with E-state index in [1.165, 1.54) is 38.8 Å². The minimum absolute atomic E-state index is 0.602. The Morgan fingerprint density at radius 2 is 1.88 bits per heavy atom. The number of hydrogen-bond acceptors (Lipinski definition) is 1. The van der Waals surface area contributed by atoms with Crippen molar-refractivity contribution in [3.63, 3.8) is 0 Å². The number of allylic oxidation sites excluding steroid dienone is 6. The highest BCUT2D eigenvalue weighted by Crippen LogP contribution is 2.48. The maximum Gasteiger partial charge on any atom is -0.00434 e. The van der Waals surface area contributed by atoms with Crippen molar-refractivity contribution in [1.82, 2.24) is 5.32 Å². The summed E-state index contributed by atoms with van der Waals surface area (Å²) in [6.07, 6.45) is 14.0. The summed E-state index contributed by atoms with van der Waals surface area (Å²) >= 11 is 0. The Balaban J connectivity index is 2.03. The van der Waals surface area contributed by atoms with Gasteiger partial charge in [0, 0.05) is 0 Å². The van der Waals surface area contributed by atoms with Gasteiger partial charge in [0.1, 0.15) is 0 Å². The first kappa shape index (κ1) is 11.7. The zero-order chi connectivity index (χ0) is 11.4. The highest BCUT2D eigenvalue weighted by molar-refractivity contribution is 5.33. The van der Waals surface area contributed by atoms with E-state index in [1.54, 1.807) is 11.1 Å². The molecule has 2 aliphatic rings. The summed E-state index contributed by atoms with van der Waals surface area (Å²) in [6, 6.07) is 0. The van der Waals surface area contributed by atoms with Crippen LogP contribution >= 0.6 is 0 Å². The van der Waals surface area contributed by atoms with Crippen LogP contribution in [0.1, 0.15) is 39.5 Å².